The van der Waals surface area contributed by atoms with E-state index in [1.807, 2.05) is 6.92 Å². The number of benzene rings is 1. The van der Waals surface area contributed by atoms with Gasteiger partial charge in [0.2, 0.25) is 11.9 Å². The van der Waals surface area contributed by atoms with Crippen LogP contribution < -0.4 is 10.6 Å². The van der Waals surface area contributed by atoms with Gasteiger partial charge in [0.15, 0.2) is 0 Å². The SMILES string of the molecule is CCCCN1CN=C(Nc2nc(C)c3ccc(C)cc3n2)NC1. The van der Waals surface area contributed by atoms with Gasteiger partial charge in [-0.25, -0.2) is 15.0 Å². The first kappa shape index (κ1) is 15.7. The van der Waals surface area contributed by atoms with Gasteiger partial charge in [-0.15, -0.1) is 0 Å². The van der Waals surface area contributed by atoms with E-state index in [1.165, 1.54) is 18.4 Å². The molecular weight excluding hydrogens is 288 g/mol. The molecule has 0 atom stereocenters. The van der Waals surface area contributed by atoms with Gasteiger partial charge in [-0.2, -0.15) is 0 Å². The first-order valence-corrected chi connectivity index (χ1v) is 8.18. The summed E-state index contributed by atoms with van der Waals surface area (Å²) in [4.78, 5) is 15.9. The topological polar surface area (TPSA) is 65.4 Å². The number of hydrogen-bond acceptors (Lipinski definition) is 6. The Hall–Kier alpha value is -2.21. The maximum atomic E-state index is 4.60. The summed E-state index contributed by atoms with van der Waals surface area (Å²) in [6.45, 7) is 8.87. The minimum Gasteiger partial charge on any atom is -0.343 e. The van der Waals surface area contributed by atoms with E-state index >= 15 is 0 Å². The normalized spacial score (nSPS) is 15.3. The molecule has 1 aliphatic rings. The molecule has 1 aliphatic heterocycles. The van der Waals surface area contributed by atoms with Crippen molar-refractivity contribution >= 4 is 22.8 Å². The zero-order chi connectivity index (χ0) is 16.2. The second-order valence-electron chi connectivity index (χ2n) is 6.01. The molecule has 0 saturated carbocycles. The second kappa shape index (κ2) is 6.91. The van der Waals surface area contributed by atoms with Crippen LogP contribution in [0.4, 0.5) is 5.95 Å². The second-order valence-corrected chi connectivity index (χ2v) is 6.01. The molecule has 6 nitrogen and oxygen atoms in total. The molecule has 0 spiro atoms. The molecule has 122 valence electrons. The molecule has 2 aromatic rings. The van der Waals surface area contributed by atoms with E-state index in [4.69, 9.17) is 0 Å². The standard InChI is InChI=1S/C17H24N6/c1-4-5-8-23-10-18-16(19-11-23)22-17-20-13(3)14-7-6-12(2)9-15(14)21-17/h6-7,9H,4-5,8,10-11H2,1-3H3,(H2,18,19,20,21,22). The number of rotatable bonds is 4. The van der Waals surface area contributed by atoms with Crippen molar-refractivity contribution in [2.24, 2.45) is 4.99 Å². The van der Waals surface area contributed by atoms with Gasteiger partial charge in [-0.3, -0.25) is 10.2 Å². The van der Waals surface area contributed by atoms with Crippen LogP contribution >= 0.6 is 0 Å². The van der Waals surface area contributed by atoms with Crippen LogP contribution in [0.15, 0.2) is 23.2 Å². The van der Waals surface area contributed by atoms with Gasteiger partial charge in [-0.05, 0) is 31.9 Å². The van der Waals surface area contributed by atoms with E-state index in [0.717, 1.165) is 35.8 Å². The predicted molar refractivity (Wildman–Crippen MR) is 94.6 cm³/mol. The Morgan fingerprint density at radius 1 is 1.26 bits per heavy atom. The van der Waals surface area contributed by atoms with Crippen molar-refractivity contribution < 1.29 is 0 Å². The number of nitrogens with zero attached hydrogens (tertiary/aromatic N) is 4. The molecule has 0 fully saturated rings. The van der Waals surface area contributed by atoms with Gasteiger partial charge in [-0.1, -0.05) is 25.5 Å². The van der Waals surface area contributed by atoms with E-state index in [-0.39, 0.29) is 0 Å². The monoisotopic (exact) mass is 312 g/mol. The summed E-state index contributed by atoms with van der Waals surface area (Å²) in [6.07, 6.45) is 2.40. The lowest BCUT2D eigenvalue weighted by atomic mass is 10.1. The third-order valence-electron chi connectivity index (χ3n) is 4.00. The molecule has 0 amide bonds. The van der Waals surface area contributed by atoms with Crippen molar-refractivity contribution in [3.8, 4) is 0 Å². The van der Waals surface area contributed by atoms with Gasteiger partial charge < -0.3 is 5.32 Å². The summed E-state index contributed by atoms with van der Waals surface area (Å²) in [5, 5.41) is 7.58. The average molecular weight is 312 g/mol. The third-order valence-corrected chi connectivity index (χ3v) is 4.00. The van der Waals surface area contributed by atoms with Crippen molar-refractivity contribution in [3.05, 3.63) is 29.5 Å². The minimum absolute atomic E-state index is 0.592. The Bertz CT molecular complexity index is 724. The molecule has 0 unspecified atom stereocenters. The van der Waals surface area contributed by atoms with E-state index < -0.39 is 0 Å². The summed E-state index contributed by atoms with van der Waals surface area (Å²) in [7, 11) is 0. The lowest BCUT2D eigenvalue weighted by molar-refractivity contribution is 0.261. The van der Waals surface area contributed by atoms with Gasteiger partial charge in [0.1, 0.15) is 0 Å². The van der Waals surface area contributed by atoms with E-state index in [0.29, 0.717) is 12.6 Å². The van der Waals surface area contributed by atoms with Crippen molar-refractivity contribution in [3.63, 3.8) is 0 Å². The van der Waals surface area contributed by atoms with Crippen LogP contribution in [0.2, 0.25) is 0 Å². The number of fused-ring (bicyclic) bond motifs is 1. The summed E-state index contributed by atoms with van der Waals surface area (Å²) in [6, 6.07) is 6.24. The Morgan fingerprint density at radius 3 is 2.87 bits per heavy atom. The first-order valence-electron chi connectivity index (χ1n) is 8.18. The molecule has 0 bridgehead atoms. The minimum atomic E-state index is 0.592. The molecule has 2 heterocycles. The quantitative estimate of drug-likeness (QED) is 0.908. The van der Waals surface area contributed by atoms with Crippen molar-refractivity contribution in [2.45, 2.75) is 33.6 Å². The number of aliphatic imine (C=N–C) groups is 1. The van der Waals surface area contributed by atoms with E-state index in [1.54, 1.807) is 0 Å². The molecule has 2 N–H and O–H groups in total. The van der Waals surface area contributed by atoms with E-state index in [9.17, 15) is 0 Å². The molecule has 6 heteroatoms. The van der Waals surface area contributed by atoms with Crippen molar-refractivity contribution in [1.29, 1.82) is 0 Å². The molecule has 0 aliphatic carbocycles. The van der Waals surface area contributed by atoms with Crippen LogP contribution in [0.1, 0.15) is 31.0 Å². The van der Waals surface area contributed by atoms with Crippen molar-refractivity contribution in [2.75, 3.05) is 25.2 Å². The number of hydrogen-bond donors (Lipinski definition) is 2. The molecular formula is C17H24N6. The van der Waals surface area contributed by atoms with Crippen LogP contribution in [0.25, 0.3) is 10.9 Å². The van der Waals surface area contributed by atoms with Gasteiger partial charge in [0.05, 0.1) is 24.5 Å². The zero-order valence-corrected chi connectivity index (χ0v) is 14.1. The van der Waals surface area contributed by atoms with Crippen molar-refractivity contribution in [1.82, 2.24) is 20.2 Å². The number of nitrogens with one attached hydrogen (secondary N) is 2. The first-order chi connectivity index (χ1) is 11.2. The summed E-state index contributed by atoms with van der Waals surface area (Å²) in [5.41, 5.74) is 3.13. The molecule has 3 rings (SSSR count). The highest BCUT2D eigenvalue weighted by Crippen LogP contribution is 2.18. The summed E-state index contributed by atoms with van der Waals surface area (Å²) >= 11 is 0. The number of unbranched alkanes of at least 4 members (excludes halogenated alkanes) is 1. The highest BCUT2D eigenvalue weighted by atomic mass is 15.4. The molecule has 0 radical (unpaired) electrons. The maximum absolute atomic E-state index is 4.60. The fourth-order valence-corrected chi connectivity index (χ4v) is 2.64. The van der Waals surface area contributed by atoms with E-state index in [2.05, 4.69) is 62.5 Å². The highest BCUT2D eigenvalue weighted by Gasteiger charge is 2.13. The fraction of sp³-hybridized carbons (Fsp3) is 0.471. The molecule has 23 heavy (non-hydrogen) atoms. The summed E-state index contributed by atoms with van der Waals surface area (Å²) in [5.74, 6) is 1.33. The average Bonchev–Trinajstić information content (AvgIpc) is 2.54. The Labute approximate surface area is 137 Å². The molecule has 0 saturated heterocycles. The zero-order valence-electron chi connectivity index (χ0n) is 14.1. The molecule has 1 aromatic heterocycles. The van der Waals surface area contributed by atoms with Gasteiger partial charge in [0, 0.05) is 11.9 Å². The third kappa shape index (κ3) is 3.76. The predicted octanol–water partition coefficient (Wildman–Crippen LogP) is 2.63. The number of guanidine groups is 1. The molecule has 1 aromatic carbocycles. The Balaban J connectivity index is 1.73. The Morgan fingerprint density at radius 2 is 2.13 bits per heavy atom. The van der Waals surface area contributed by atoms with Gasteiger partial charge in [0.25, 0.3) is 0 Å². The fourth-order valence-electron chi connectivity index (χ4n) is 2.64. The number of anilines is 1. The van der Waals surface area contributed by atoms with Crippen LogP contribution in [0, 0.1) is 13.8 Å². The van der Waals surface area contributed by atoms with Gasteiger partial charge >= 0.3 is 0 Å². The van der Waals surface area contributed by atoms with Crippen LogP contribution in [0.5, 0.6) is 0 Å². The lowest BCUT2D eigenvalue weighted by Crippen LogP contribution is -2.46. The number of aryl methyl sites for hydroxylation is 2. The van der Waals surface area contributed by atoms with Crippen LogP contribution in [-0.4, -0.2) is 40.7 Å². The highest BCUT2D eigenvalue weighted by molar-refractivity contribution is 5.93. The smallest absolute Gasteiger partial charge is 0.230 e. The van der Waals surface area contributed by atoms with Crippen LogP contribution in [0.3, 0.4) is 0 Å². The lowest BCUT2D eigenvalue weighted by Gasteiger charge is -2.26. The summed E-state index contributed by atoms with van der Waals surface area (Å²) < 4.78 is 0. The van der Waals surface area contributed by atoms with Crippen LogP contribution in [-0.2, 0) is 0 Å². The maximum Gasteiger partial charge on any atom is 0.230 e. The largest absolute Gasteiger partial charge is 0.343 e. The number of aromatic nitrogens is 2. The Kier molecular flexibility index (Phi) is 4.71.